The Kier molecular flexibility index (Phi) is 32.4. The topological polar surface area (TPSA) is 102 Å². The molecule has 8 heteroatoms. The number of likely N-dealkylation sites (N-methyl/N-ethyl adjacent to an activating group) is 1. The second kappa shape index (κ2) is 33.9. The van der Waals surface area contributed by atoms with Gasteiger partial charge in [0.05, 0.1) is 40.3 Å². The van der Waals surface area contributed by atoms with Crippen molar-refractivity contribution in [3.63, 3.8) is 0 Å². The molecule has 0 fully saturated rings. The van der Waals surface area contributed by atoms with E-state index in [1.165, 1.54) is 83.5 Å². The highest BCUT2D eigenvalue weighted by Crippen LogP contribution is 2.14. The Morgan fingerprint density at radius 3 is 1.64 bits per heavy atom. The van der Waals surface area contributed by atoms with Crippen LogP contribution >= 0.6 is 0 Å². The van der Waals surface area contributed by atoms with Gasteiger partial charge in [0.15, 0.2) is 6.10 Å². The average molecular weight is 708 g/mol. The third-order valence-corrected chi connectivity index (χ3v) is 9.10. The fraction of sp³-hybridized carbons (Fsp3) is 0.833. The van der Waals surface area contributed by atoms with Crippen LogP contribution in [0.25, 0.3) is 0 Å². The first kappa shape index (κ1) is 47.8. The molecule has 0 radical (unpaired) electrons. The van der Waals surface area contributed by atoms with E-state index in [1.807, 2.05) is 0 Å². The zero-order valence-electron chi connectivity index (χ0n) is 33.1. The maximum Gasteiger partial charge on any atom is 0.306 e. The summed E-state index contributed by atoms with van der Waals surface area (Å²) in [7, 11) is 5.40. The maximum atomic E-state index is 12.6. The minimum absolute atomic E-state index is 0.0417. The van der Waals surface area contributed by atoms with Crippen molar-refractivity contribution in [3.05, 3.63) is 24.3 Å². The Labute approximate surface area is 307 Å². The van der Waals surface area contributed by atoms with Crippen LogP contribution < -0.4 is 5.11 Å². The van der Waals surface area contributed by atoms with Gasteiger partial charge < -0.3 is 28.6 Å². The lowest BCUT2D eigenvalue weighted by Gasteiger charge is -2.34. The first-order chi connectivity index (χ1) is 24.1. The zero-order chi connectivity index (χ0) is 37.1. The van der Waals surface area contributed by atoms with Crippen LogP contribution in [0.5, 0.6) is 0 Å². The number of hydrogen-bond acceptors (Lipinski definition) is 7. The van der Waals surface area contributed by atoms with Crippen LogP contribution in [0.4, 0.5) is 0 Å². The average Bonchev–Trinajstić information content (AvgIpc) is 3.06. The molecule has 0 amide bonds. The molecule has 2 unspecified atom stereocenters. The molecule has 0 spiro atoms. The van der Waals surface area contributed by atoms with Gasteiger partial charge in [-0.3, -0.25) is 9.59 Å². The van der Waals surface area contributed by atoms with E-state index >= 15 is 0 Å². The number of carboxylic acid groups (broad SMARTS) is 1. The van der Waals surface area contributed by atoms with Gasteiger partial charge in [0, 0.05) is 19.3 Å². The number of nitrogens with zero attached hydrogens (tertiary/aromatic N) is 1. The van der Waals surface area contributed by atoms with Crippen molar-refractivity contribution >= 4 is 17.9 Å². The molecule has 0 saturated carbocycles. The molecule has 0 aromatic carbocycles. The summed E-state index contributed by atoms with van der Waals surface area (Å²) in [6.07, 6.45) is 34.8. The second-order valence-electron chi connectivity index (χ2n) is 14.8. The van der Waals surface area contributed by atoms with Crippen molar-refractivity contribution in [2.75, 3.05) is 41.0 Å². The molecule has 0 N–H and O–H groups in total. The molecule has 0 heterocycles. The fourth-order valence-corrected chi connectivity index (χ4v) is 5.93. The summed E-state index contributed by atoms with van der Waals surface area (Å²) in [6.45, 7) is 4.54. The monoisotopic (exact) mass is 708 g/mol. The van der Waals surface area contributed by atoms with Crippen LogP contribution in [0, 0.1) is 0 Å². The number of carbonyl (C=O) groups excluding carboxylic acids is 3. The molecule has 2 atom stereocenters. The van der Waals surface area contributed by atoms with E-state index < -0.39 is 18.1 Å². The Hall–Kier alpha value is -2.19. The summed E-state index contributed by atoms with van der Waals surface area (Å²) in [5, 5.41) is 11.6. The number of unbranched alkanes of at least 4 members (excludes halogenated alkanes) is 18. The summed E-state index contributed by atoms with van der Waals surface area (Å²) < 4.78 is 17.1. The summed E-state index contributed by atoms with van der Waals surface area (Å²) >= 11 is 0. The van der Waals surface area contributed by atoms with E-state index in [1.54, 1.807) is 21.1 Å². The molecular formula is C42H77NO7. The lowest BCUT2D eigenvalue weighted by molar-refractivity contribution is -0.889. The second-order valence-corrected chi connectivity index (χ2v) is 14.8. The van der Waals surface area contributed by atoms with Crippen molar-refractivity contribution in [2.24, 2.45) is 0 Å². The van der Waals surface area contributed by atoms with E-state index in [0.717, 1.165) is 57.8 Å². The van der Waals surface area contributed by atoms with E-state index in [2.05, 4.69) is 38.2 Å². The Bertz CT molecular complexity index is 880. The largest absolute Gasteiger partial charge is 0.544 e. The minimum Gasteiger partial charge on any atom is -0.544 e. The molecule has 0 aromatic heterocycles. The third kappa shape index (κ3) is 31.8. The van der Waals surface area contributed by atoms with Crippen molar-refractivity contribution in [1.82, 2.24) is 0 Å². The van der Waals surface area contributed by atoms with Crippen molar-refractivity contribution in [3.8, 4) is 0 Å². The predicted octanol–water partition coefficient (Wildman–Crippen LogP) is 9.19. The summed E-state index contributed by atoms with van der Waals surface area (Å²) in [4.78, 5) is 36.7. The molecule has 50 heavy (non-hydrogen) atoms. The van der Waals surface area contributed by atoms with E-state index in [0.29, 0.717) is 12.8 Å². The number of quaternary nitrogens is 1. The number of hydrogen-bond donors (Lipinski definition) is 0. The smallest absolute Gasteiger partial charge is 0.306 e. The molecular weight excluding hydrogens is 630 g/mol. The van der Waals surface area contributed by atoms with Crippen LogP contribution in [-0.2, 0) is 28.6 Å². The van der Waals surface area contributed by atoms with Gasteiger partial charge in [-0.25, -0.2) is 0 Å². The van der Waals surface area contributed by atoms with Crippen LogP contribution in [0.1, 0.15) is 174 Å². The summed E-state index contributed by atoms with van der Waals surface area (Å²) in [6, 6.07) is -0.722. The summed E-state index contributed by atoms with van der Waals surface area (Å²) in [5.74, 6) is -1.74. The first-order valence-electron chi connectivity index (χ1n) is 20.4. The highest BCUT2D eigenvalue weighted by Gasteiger charge is 2.25. The number of esters is 2. The molecule has 0 rings (SSSR count). The van der Waals surface area contributed by atoms with Gasteiger partial charge in [-0.1, -0.05) is 141 Å². The fourth-order valence-electron chi connectivity index (χ4n) is 5.93. The summed E-state index contributed by atoms with van der Waals surface area (Å²) in [5.41, 5.74) is 0. The maximum absolute atomic E-state index is 12.6. The van der Waals surface area contributed by atoms with E-state index in [9.17, 15) is 19.5 Å². The Morgan fingerprint density at radius 2 is 1.12 bits per heavy atom. The van der Waals surface area contributed by atoms with Crippen molar-refractivity contribution in [1.29, 1.82) is 0 Å². The van der Waals surface area contributed by atoms with Crippen LogP contribution in [0.3, 0.4) is 0 Å². The highest BCUT2D eigenvalue weighted by molar-refractivity contribution is 5.70. The first-order valence-corrected chi connectivity index (χ1v) is 20.4. The van der Waals surface area contributed by atoms with Gasteiger partial charge in [-0.05, 0) is 38.5 Å². The number of ether oxygens (including phenoxy) is 3. The zero-order valence-corrected chi connectivity index (χ0v) is 33.1. The molecule has 0 aliphatic heterocycles. The quantitative estimate of drug-likeness (QED) is 0.0277. The SMILES string of the molecule is CC/C=C/C/C=C/CCCCCCCCCC(=O)OCC(COCCC(C(=O)[O-])[N+](C)(C)C)OC(=O)CCCCCCCCCCCCCC. The number of allylic oxidation sites excluding steroid dienone is 4. The number of aliphatic carboxylic acids is 1. The van der Waals surface area contributed by atoms with Crippen molar-refractivity contribution in [2.45, 2.75) is 187 Å². The van der Waals surface area contributed by atoms with Crippen molar-refractivity contribution < 1.29 is 38.2 Å². The van der Waals surface area contributed by atoms with Gasteiger partial charge in [-0.15, -0.1) is 0 Å². The number of carbonyl (C=O) groups is 3. The Balaban J connectivity index is 4.38. The van der Waals surface area contributed by atoms with Gasteiger partial charge >= 0.3 is 11.9 Å². The van der Waals surface area contributed by atoms with Gasteiger partial charge in [-0.2, -0.15) is 0 Å². The predicted molar refractivity (Wildman–Crippen MR) is 204 cm³/mol. The molecule has 0 aliphatic rings. The lowest BCUT2D eigenvalue weighted by Crippen LogP contribution is -2.55. The van der Waals surface area contributed by atoms with E-state index in [4.69, 9.17) is 14.2 Å². The minimum atomic E-state index is -1.13. The van der Waals surface area contributed by atoms with Gasteiger partial charge in [0.2, 0.25) is 0 Å². The molecule has 0 aromatic rings. The van der Waals surface area contributed by atoms with Crippen LogP contribution in [0.2, 0.25) is 0 Å². The standard InChI is InChI=1S/C42H77NO7/c1-6-8-10-12-14-16-18-20-21-23-24-26-28-30-32-40(44)49-37-38(36-48-35-34-39(42(46)47)43(3,4)5)50-41(45)33-31-29-27-25-22-19-17-15-13-11-9-7-2/h8,10,14,16,38-39H,6-7,9,11-13,15,17-37H2,1-5H3/b10-8+,16-14+. The highest BCUT2D eigenvalue weighted by atomic mass is 16.6. The van der Waals surface area contributed by atoms with E-state index in [-0.39, 0.29) is 42.7 Å². The molecule has 0 aliphatic carbocycles. The Morgan fingerprint density at radius 1 is 0.620 bits per heavy atom. The number of carboxylic acids is 1. The lowest BCUT2D eigenvalue weighted by atomic mass is 10.0. The molecule has 0 bridgehead atoms. The van der Waals surface area contributed by atoms with Crippen LogP contribution in [0.15, 0.2) is 24.3 Å². The van der Waals surface area contributed by atoms with Gasteiger partial charge in [0.25, 0.3) is 0 Å². The third-order valence-electron chi connectivity index (χ3n) is 9.10. The number of rotatable bonds is 36. The van der Waals surface area contributed by atoms with Gasteiger partial charge in [0.1, 0.15) is 12.6 Å². The molecule has 292 valence electrons. The normalized spacial score (nSPS) is 13.2. The molecule has 8 nitrogen and oxygen atoms in total. The molecule has 0 saturated heterocycles. The van der Waals surface area contributed by atoms with Crippen LogP contribution in [-0.4, -0.2) is 75.5 Å².